The second kappa shape index (κ2) is 8.69. The summed E-state index contributed by atoms with van der Waals surface area (Å²) >= 11 is 1.23. The van der Waals surface area contributed by atoms with Gasteiger partial charge in [-0.05, 0) is 31.4 Å². The summed E-state index contributed by atoms with van der Waals surface area (Å²) < 4.78 is 69.1. The minimum atomic E-state index is -4.58. The summed E-state index contributed by atoms with van der Waals surface area (Å²) in [6, 6.07) is 3.17. The van der Waals surface area contributed by atoms with Crippen molar-refractivity contribution < 1.29 is 21.6 Å². The fourth-order valence-corrected chi connectivity index (χ4v) is 6.21. The molecule has 33 heavy (non-hydrogen) atoms. The van der Waals surface area contributed by atoms with Crippen LogP contribution in [0.4, 0.5) is 19.1 Å². The number of aromatic nitrogens is 4. The molecule has 1 N–H and O–H groups in total. The summed E-state index contributed by atoms with van der Waals surface area (Å²) in [6.07, 6.45) is -0.557. The topological polar surface area (TPSA) is 93.0 Å². The number of nitrogens with one attached hydrogen (secondary N) is 1. The molecule has 1 saturated heterocycles. The van der Waals surface area contributed by atoms with Gasteiger partial charge < -0.3 is 5.32 Å². The number of rotatable bonds is 5. The second-order valence-corrected chi connectivity index (χ2v) is 11.3. The number of hydrogen-bond acceptors (Lipinski definition) is 7. The molecule has 3 aromatic rings. The predicted molar refractivity (Wildman–Crippen MR) is 118 cm³/mol. The fourth-order valence-electron chi connectivity index (χ4n) is 3.80. The number of nitrogens with zero attached hydrogens (tertiary/aromatic N) is 5. The van der Waals surface area contributed by atoms with E-state index in [0.717, 1.165) is 11.1 Å². The van der Waals surface area contributed by atoms with E-state index < -0.39 is 21.8 Å². The Morgan fingerprint density at radius 3 is 2.58 bits per heavy atom. The molecule has 0 radical (unpaired) electrons. The molecule has 0 unspecified atom stereocenters. The maximum Gasteiger partial charge on any atom is 0.420 e. The molecule has 4 heterocycles. The summed E-state index contributed by atoms with van der Waals surface area (Å²) in [4.78, 5) is 9.52. The zero-order valence-corrected chi connectivity index (χ0v) is 19.8. The van der Waals surface area contributed by atoms with Crippen molar-refractivity contribution in [3.05, 3.63) is 41.2 Å². The van der Waals surface area contributed by atoms with Crippen LogP contribution in [-0.2, 0) is 23.2 Å². The van der Waals surface area contributed by atoms with Crippen molar-refractivity contribution in [1.29, 1.82) is 0 Å². The molecule has 1 aliphatic rings. The standard InChI is InChI=1S/C20H23F3N6O2S2/c1-12-10-29(33(30,31)14-8-25-28(3)11-14)7-6-16(12)26-19-24-9-15(20(21,22)23)18(27-19)17-5-4-13(2)32-17/h4-5,8-9,11-12,16H,6-7,10H2,1-3H3,(H,24,26,27)/t12-,16+/m1/s1. The molecular weight excluding hydrogens is 477 g/mol. The Morgan fingerprint density at radius 2 is 2.00 bits per heavy atom. The first kappa shape index (κ1) is 23.6. The summed E-state index contributed by atoms with van der Waals surface area (Å²) in [5.41, 5.74) is -1.05. The van der Waals surface area contributed by atoms with Crippen LogP contribution in [0, 0.1) is 12.8 Å². The van der Waals surface area contributed by atoms with Crippen molar-refractivity contribution in [3.63, 3.8) is 0 Å². The van der Waals surface area contributed by atoms with Crippen molar-refractivity contribution in [2.24, 2.45) is 13.0 Å². The van der Waals surface area contributed by atoms with Crippen LogP contribution < -0.4 is 5.32 Å². The monoisotopic (exact) mass is 500 g/mol. The zero-order valence-electron chi connectivity index (χ0n) is 18.2. The highest BCUT2D eigenvalue weighted by Gasteiger charge is 2.37. The molecule has 1 aliphatic heterocycles. The SMILES string of the molecule is Cc1ccc(-c2nc(N[C@H]3CCN(S(=O)(=O)c4cnn(C)c4)C[C@H]3C)ncc2C(F)(F)F)s1. The molecule has 0 spiro atoms. The predicted octanol–water partition coefficient (Wildman–Crippen LogP) is 3.78. The molecule has 0 saturated carbocycles. The van der Waals surface area contributed by atoms with E-state index in [4.69, 9.17) is 0 Å². The van der Waals surface area contributed by atoms with Crippen molar-refractivity contribution >= 4 is 27.3 Å². The minimum absolute atomic E-state index is 0.0875. The summed E-state index contributed by atoms with van der Waals surface area (Å²) in [7, 11) is -2.02. The van der Waals surface area contributed by atoms with E-state index in [1.54, 1.807) is 19.2 Å². The smallest absolute Gasteiger partial charge is 0.351 e. The summed E-state index contributed by atoms with van der Waals surface area (Å²) in [6.45, 7) is 4.22. The van der Waals surface area contributed by atoms with Gasteiger partial charge in [0, 0.05) is 43.4 Å². The lowest BCUT2D eigenvalue weighted by Crippen LogP contribution is -2.47. The fraction of sp³-hybridized carbons (Fsp3) is 0.450. The lowest BCUT2D eigenvalue weighted by molar-refractivity contribution is -0.137. The number of anilines is 1. The summed E-state index contributed by atoms with van der Waals surface area (Å²) in [5, 5.41) is 7.05. The van der Waals surface area contributed by atoms with E-state index in [0.29, 0.717) is 11.3 Å². The third-order valence-corrected chi connectivity index (χ3v) is 8.39. The molecule has 2 atom stereocenters. The molecule has 0 amide bonds. The van der Waals surface area contributed by atoms with Gasteiger partial charge in [0.2, 0.25) is 16.0 Å². The van der Waals surface area contributed by atoms with E-state index in [1.165, 1.54) is 32.7 Å². The number of thiophene rings is 1. The normalized spacial score (nSPS) is 20.2. The Morgan fingerprint density at radius 1 is 1.24 bits per heavy atom. The molecule has 3 aromatic heterocycles. The van der Waals surface area contributed by atoms with Crippen LogP contribution >= 0.6 is 11.3 Å². The van der Waals surface area contributed by atoms with Crippen LogP contribution in [0.1, 0.15) is 23.8 Å². The first-order chi connectivity index (χ1) is 15.4. The van der Waals surface area contributed by atoms with Crippen LogP contribution in [0.15, 0.2) is 35.6 Å². The number of piperidine rings is 1. The minimum Gasteiger partial charge on any atom is -0.351 e. The van der Waals surface area contributed by atoms with Gasteiger partial charge in [-0.25, -0.2) is 18.4 Å². The second-order valence-electron chi connectivity index (χ2n) is 8.09. The third kappa shape index (κ3) is 4.89. The van der Waals surface area contributed by atoms with E-state index in [-0.39, 0.29) is 41.6 Å². The molecule has 178 valence electrons. The zero-order chi connectivity index (χ0) is 24.0. The first-order valence-electron chi connectivity index (χ1n) is 10.2. The van der Waals surface area contributed by atoms with Crippen LogP contribution in [0.5, 0.6) is 0 Å². The maximum atomic E-state index is 13.5. The Balaban J connectivity index is 1.53. The Hall–Kier alpha value is -2.51. The molecule has 0 aliphatic carbocycles. The van der Waals surface area contributed by atoms with Gasteiger partial charge in [-0.2, -0.15) is 22.6 Å². The average Bonchev–Trinajstić information content (AvgIpc) is 3.37. The number of hydrogen-bond donors (Lipinski definition) is 1. The Labute approximate surface area is 193 Å². The van der Waals surface area contributed by atoms with E-state index in [9.17, 15) is 21.6 Å². The van der Waals surface area contributed by atoms with Gasteiger partial charge in [-0.15, -0.1) is 11.3 Å². The van der Waals surface area contributed by atoms with Crippen molar-refractivity contribution in [3.8, 4) is 10.6 Å². The summed E-state index contributed by atoms with van der Waals surface area (Å²) in [5.74, 6) is -0.0343. The van der Waals surface area contributed by atoms with Gasteiger partial charge in [-0.3, -0.25) is 4.68 Å². The quantitative estimate of drug-likeness (QED) is 0.573. The highest BCUT2D eigenvalue weighted by molar-refractivity contribution is 7.89. The van der Waals surface area contributed by atoms with E-state index in [2.05, 4.69) is 20.4 Å². The van der Waals surface area contributed by atoms with Gasteiger partial charge in [-0.1, -0.05) is 6.92 Å². The highest BCUT2D eigenvalue weighted by Crippen LogP contribution is 2.38. The lowest BCUT2D eigenvalue weighted by Gasteiger charge is -2.36. The number of aryl methyl sites for hydroxylation is 2. The van der Waals surface area contributed by atoms with E-state index >= 15 is 0 Å². The van der Waals surface area contributed by atoms with Crippen LogP contribution in [0.2, 0.25) is 0 Å². The molecule has 0 bridgehead atoms. The number of sulfonamides is 1. The van der Waals surface area contributed by atoms with Gasteiger partial charge in [0.15, 0.2) is 0 Å². The van der Waals surface area contributed by atoms with Crippen LogP contribution in [0.25, 0.3) is 10.6 Å². The highest BCUT2D eigenvalue weighted by atomic mass is 32.2. The van der Waals surface area contributed by atoms with E-state index in [1.807, 2.05) is 13.8 Å². The van der Waals surface area contributed by atoms with Gasteiger partial charge in [0.25, 0.3) is 0 Å². The molecule has 13 heteroatoms. The molecule has 4 rings (SSSR count). The van der Waals surface area contributed by atoms with Crippen molar-refractivity contribution in [2.75, 3.05) is 18.4 Å². The lowest BCUT2D eigenvalue weighted by atomic mass is 9.95. The van der Waals surface area contributed by atoms with Crippen molar-refractivity contribution in [1.82, 2.24) is 24.1 Å². The largest absolute Gasteiger partial charge is 0.420 e. The van der Waals surface area contributed by atoms with Crippen LogP contribution in [-0.4, -0.2) is 51.6 Å². The Bertz CT molecular complexity index is 1250. The third-order valence-electron chi connectivity index (χ3n) is 5.57. The molecule has 1 fully saturated rings. The van der Waals surface area contributed by atoms with Crippen molar-refractivity contribution in [2.45, 2.75) is 37.4 Å². The maximum absolute atomic E-state index is 13.5. The van der Waals surface area contributed by atoms with Gasteiger partial charge in [0.1, 0.15) is 10.5 Å². The van der Waals surface area contributed by atoms with Gasteiger partial charge in [0.05, 0.1) is 16.8 Å². The number of halogens is 3. The van der Waals surface area contributed by atoms with Crippen LogP contribution in [0.3, 0.4) is 0 Å². The molecule has 8 nitrogen and oxygen atoms in total. The molecular formula is C20H23F3N6O2S2. The first-order valence-corrected chi connectivity index (χ1v) is 12.5. The van der Waals surface area contributed by atoms with Gasteiger partial charge >= 0.3 is 6.18 Å². The average molecular weight is 501 g/mol. The Kier molecular flexibility index (Phi) is 6.22. The number of alkyl halides is 3. The molecule has 0 aromatic carbocycles.